The lowest BCUT2D eigenvalue weighted by atomic mass is 10.1. The number of nitrogens with zero attached hydrogens (tertiary/aromatic N) is 3. The van der Waals surface area contributed by atoms with Crippen LogP contribution in [0.15, 0.2) is 29.4 Å². The van der Waals surface area contributed by atoms with Gasteiger partial charge < -0.3 is 11.1 Å². The highest BCUT2D eigenvalue weighted by Crippen LogP contribution is 2.25. The Morgan fingerprint density at radius 1 is 1.31 bits per heavy atom. The van der Waals surface area contributed by atoms with E-state index in [9.17, 15) is 9.59 Å². The number of carbonyl (C=O) groups excluding carboxylic acids is 2. The van der Waals surface area contributed by atoms with Crippen molar-refractivity contribution >= 4 is 23.6 Å². The summed E-state index contributed by atoms with van der Waals surface area (Å²) >= 11 is 1.27. The Morgan fingerprint density at radius 2 is 2.08 bits per heavy atom. The standard InChI is InChI=1S/C18H23N5O2S/c1-12-5-4-6-13(9-12)17-21-22-18(23(17)10-15(19)24)26-11-16(25)20-14-7-2-3-8-14/h4-6,9,14H,2-3,7-8,10-11H2,1H3,(H2,19,24)(H,20,25). The molecule has 1 saturated carbocycles. The van der Waals surface area contributed by atoms with Crippen molar-refractivity contribution in [3.05, 3.63) is 29.8 Å². The second-order valence-corrected chi connectivity index (χ2v) is 7.51. The first-order valence-electron chi connectivity index (χ1n) is 8.73. The Bertz CT molecular complexity index is 799. The zero-order valence-electron chi connectivity index (χ0n) is 14.8. The third-order valence-electron chi connectivity index (χ3n) is 4.36. The highest BCUT2D eigenvalue weighted by atomic mass is 32.2. The van der Waals surface area contributed by atoms with Crippen LogP contribution in [0.25, 0.3) is 11.4 Å². The lowest BCUT2D eigenvalue weighted by Gasteiger charge is -2.12. The van der Waals surface area contributed by atoms with Gasteiger partial charge in [-0.2, -0.15) is 0 Å². The van der Waals surface area contributed by atoms with E-state index in [-0.39, 0.29) is 24.2 Å². The van der Waals surface area contributed by atoms with E-state index >= 15 is 0 Å². The fraction of sp³-hybridized carbons (Fsp3) is 0.444. The molecule has 3 rings (SSSR count). The Kier molecular flexibility index (Phi) is 5.92. The summed E-state index contributed by atoms with van der Waals surface area (Å²) < 4.78 is 1.67. The van der Waals surface area contributed by atoms with Crippen molar-refractivity contribution in [1.29, 1.82) is 0 Å². The number of rotatable bonds is 7. The molecule has 0 spiro atoms. The fourth-order valence-corrected chi connectivity index (χ4v) is 3.91. The average Bonchev–Trinajstić information content (AvgIpc) is 3.22. The van der Waals surface area contributed by atoms with Gasteiger partial charge in [0.15, 0.2) is 11.0 Å². The molecular weight excluding hydrogens is 350 g/mol. The Labute approximate surface area is 156 Å². The number of nitrogens with one attached hydrogen (secondary N) is 1. The van der Waals surface area contributed by atoms with Crippen LogP contribution < -0.4 is 11.1 Å². The molecule has 0 radical (unpaired) electrons. The van der Waals surface area contributed by atoms with E-state index in [1.54, 1.807) is 4.57 Å². The predicted octanol–water partition coefficient (Wildman–Crippen LogP) is 1.89. The quantitative estimate of drug-likeness (QED) is 0.722. The maximum absolute atomic E-state index is 12.1. The van der Waals surface area contributed by atoms with Crippen LogP contribution in [0.5, 0.6) is 0 Å². The number of amides is 2. The minimum atomic E-state index is -0.476. The summed E-state index contributed by atoms with van der Waals surface area (Å²) in [4.78, 5) is 23.6. The second kappa shape index (κ2) is 8.35. The van der Waals surface area contributed by atoms with E-state index in [2.05, 4.69) is 15.5 Å². The summed E-state index contributed by atoms with van der Waals surface area (Å²) in [5.74, 6) is 0.316. The number of aryl methyl sites for hydroxylation is 1. The van der Waals surface area contributed by atoms with Crippen LogP contribution in [-0.4, -0.2) is 38.4 Å². The number of thioether (sulfide) groups is 1. The van der Waals surface area contributed by atoms with Gasteiger partial charge in [0.1, 0.15) is 6.54 Å². The van der Waals surface area contributed by atoms with E-state index in [0.717, 1.165) is 24.0 Å². The molecule has 1 aromatic heterocycles. The first kappa shape index (κ1) is 18.4. The molecule has 1 fully saturated rings. The molecule has 1 heterocycles. The minimum Gasteiger partial charge on any atom is -0.368 e. The monoisotopic (exact) mass is 373 g/mol. The topological polar surface area (TPSA) is 103 Å². The molecule has 1 aliphatic carbocycles. The number of aromatic nitrogens is 3. The number of carbonyl (C=O) groups is 2. The molecule has 0 saturated heterocycles. The summed E-state index contributed by atoms with van der Waals surface area (Å²) in [6, 6.07) is 8.09. The maximum Gasteiger partial charge on any atom is 0.237 e. The zero-order valence-corrected chi connectivity index (χ0v) is 15.6. The van der Waals surface area contributed by atoms with E-state index in [1.165, 1.54) is 24.6 Å². The summed E-state index contributed by atoms with van der Waals surface area (Å²) in [6.07, 6.45) is 4.44. The summed E-state index contributed by atoms with van der Waals surface area (Å²) in [5, 5.41) is 11.9. The number of benzene rings is 1. The third kappa shape index (κ3) is 4.63. The van der Waals surface area contributed by atoms with E-state index in [1.807, 2.05) is 31.2 Å². The van der Waals surface area contributed by atoms with Gasteiger partial charge in [-0.25, -0.2) is 0 Å². The zero-order chi connectivity index (χ0) is 18.5. The smallest absolute Gasteiger partial charge is 0.237 e. The maximum atomic E-state index is 12.1. The van der Waals surface area contributed by atoms with Crippen LogP contribution in [-0.2, 0) is 16.1 Å². The minimum absolute atomic E-state index is 0.0207. The van der Waals surface area contributed by atoms with E-state index < -0.39 is 5.91 Å². The Balaban J connectivity index is 1.74. The van der Waals surface area contributed by atoms with Gasteiger partial charge >= 0.3 is 0 Å². The normalized spacial score (nSPS) is 14.5. The van der Waals surface area contributed by atoms with E-state index in [4.69, 9.17) is 5.73 Å². The van der Waals surface area contributed by atoms with Crippen molar-refractivity contribution in [1.82, 2.24) is 20.1 Å². The van der Waals surface area contributed by atoms with Gasteiger partial charge in [-0.3, -0.25) is 14.2 Å². The van der Waals surface area contributed by atoms with Gasteiger partial charge in [0.25, 0.3) is 0 Å². The fourth-order valence-electron chi connectivity index (χ4n) is 3.16. The molecule has 1 aliphatic rings. The molecule has 0 unspecified atom stereocenters. The third-order valence-corrected chi connectivity index (χ3v) is 5.33. The SMILES string of the molecule is Cc1cccc(-c2nnc(SCC(=O)NC3CCCC3)n2CC(N)=O)c1. The van der Waals surface area contributed by atoms with Gasteiger partial charge in [-0.05, 0) is 25.8 Å². The highest BCUT2D eigenvalue weighted by Gasteiger charge is 2.20. The molecule has 0 aliphatic heterocycles. The van der Waals surface area contributed by atoms with Crippen molar-refractivity contribution in [2.24, 2.45) is 5.73 Å². The Hall–Kier alpha value is -2.35. The van der Waals surface area contributed by atoms with Crippen molar-refractivity contribution in [3.63, 3.8) is 0 Å². The molecule has 0 bridgehead atoms. The van der Waals surface area contributed by atoms with Crippen molar-refractivity contribution in [3.8, 4) is 11.4 Å². The lowest BCUT2D eigenvalue weighted by molar-refractivity contribution is -0.119. The number of primary amides is 1. The van der Waals surface area contributed by atoms with Gasteiger partial charge in [-0.1, -0.05) is 48.4 Å². The summed E-state index contributed by atoms with van der Waals surface area (Å²) in [5.41, 5.74) is 7.34. The molecule has 3 N–H and O–H groups in total. The Morgan fingerprint density at radius 3 is 2.77 bits per heavy atom. The van der Waals surface area contributed by atoms with Gasteiger partial charge in [0, 0.05) is 11.6 Å². The van der Waals surface area contributed by atoms with Crippen molar-refractivity contribution in [2.45, 2.75) is 50.4 Å². The van der Waals surface area contributed by atoms with Crippen molar-refractivity contribution in [2.75, 3.05) is 5.75 Å². The highest BCUT2D eigenvalue weighted by molar-refractivity contribution is 7.99. The van der Waals surface area contributed by atoms with Crippen LogP contribution in [0.2, 0.25) is 0 Å². The van der Waals surface area contributed by atoms with Crippen molar-refractivity contribution < 1.29 is 9.59 Å². The average molecular weight is 373 g/mol. The molecule has 2 aromatic rings. The number of hydrogen-bond donors (Lipinski definition) is 2. The number of hydrogen-bond acceptors (Lipinski definition) is 5. The molecule has 2 amide bonds. The molecule has 138 valence electrons. The predicted molar refractivity (Wildman–Crippen MR) is 101 cm³/mol. The van der Waals surface area contributed by atoms with E-state index in [0.29, 0.717) is 11.0 Å². The first-order valence-corrected chi connectivity index (χ1v) is 9.72. The molecule has 26 heavy (non-hydrogen) atoms. The van der Waals surface area contributed by atoms with Crippen LogP contribution in [0.4, 0.5) is 0 Å². The van der Waals surface area contributed by atoms with Gasteiger partial charge in [0.2, 0.25) is 11.8 Å². The number of nitrogens with two attached hydrogens (primary N) is 1. The largest absolute Gasteiger partial charge is 0.368 e. The van der Waals surface area contributed by atoms with Crippen LogP contribution in [0.3, 0.4) is 0 Å². The van der Waals surface area contributed by atoms with Crippen LogP contribution >= 0.6 is 11.8 Å². The molecule has 0 atom stereocenters. The van der Waals surface area contributed by atoms with Crippen LogP contribution in [0, 0.1) is 6.92 Å². The molecule has 7 nitrogen and oxygen atoms in total. The van der Waals surface area contributed by atoms with Crippen LogP contribution in [0.1, 0.15) is 31.2 Å². The first-order chi connectivity index (χ1) is 12.5. The second-order valence-electron chi connectivity index (χ2n) is 6.57. The molecular formula is C18H23N5O2S. The summed E-state index contributed by atoms with van der Waals surface area (Å²) in [6.45, 7) is 1.96. The summed E-state index contributed by atoms with van der Waals surface area (Å²) in [7, 11) is 0. The van der Waals surface area contributed by atoms with Gasteiger partial charge in [-0.15, -0.1) is 10.2 Å². The van der Waals surface area contributed by atoms with Gasteiger partial charge in [0.05, 0.1) is 5.75 Å². The molecule has 1 aromatic carbocycles. The molecule has 8 heteroatoms. The lowest BCUT2D eigenvalue weighted by Crippen LogP contribution is -2.33.